The summed E-state index contributed by atoms with van der Waals surface area (Å²) in [5.41, 5.74) is 5.98. The van der Waals surface area contributed by atoms with Crippen LogP contribution in [0.5, 0.6) is 0 Å². The highest BCUT2D eigenvalue weighted by molar-refractivity contribution is 5.38. The molecule has 3 heteroatoms. The molecule has 0 aliphatic rings. The Morgan fingerprint density at radius 3 is 2.35 bits per heavy atom. The van der Waals surface area contributed by atoms with Crippen LogP contribution in [-0.2, 0) is 6.54 Å². The highest BCUT2D eigenvalue weighted by atomic mass is 15.3. The minimum absolute atomic E-state index is 0.865. The van der Waals surface area contributed by atoms with E-state index >= 15 is 0 Å². The zero-order valence-electron chi connectivity index (χ0n) is 10.9. The lowest BCUT2D eigenvalue weighted by molar-refractivity contribution is 0.801. The summed E-state index contributed by atoms with van der Waals surface area (Å²) in [5, 5.41) is 7.79. The number of nitrogens with zero attached hydrogens (tertiary/aromatic N) is 2. The minimum Gasteiger partial charge on any atom is -0.316 e. The molecule has 0 radical (unpaired) electrons. The van der Waals surface area contributed by atoms with Gasteiger partial charge in [-0.15, -0.1) is 0 Å². The Morgan fingerprint density at radius 2 is 1.76 bits per heavy atom. The molecule has 1 aromatic carbocycles. The van der Waals surface area contributed by atoms with Crippen molar-refractivity contribution in [3.05, 3.63) is 46.8 Å². The predicted octanol–water partition coefficient (Wildman–Crippen LogP) is 2.52. The Bertz CT molecular complexity index is 509. The first-order chi connectivity index (χ1) is 8.13. The normalized spacial score (nSPS) is 10.8. The molecule has 0 aliphatic carbocycles. The minimum atomic E-state index is 0.865. The maximum atomic E-state index is 4.61. The van der Waals surface area contributed by atoms with Gasteiger partial charge in [-0.05, 0) is 40.0 Å². The highest BCUT2D eigenvalue weighted by Crippen LogP contribution is 2.18. The van der Waals surface area contributed by atoms with Gasteiger partial charge in [0.15, 0.2) is 0 Å². The maximum Gasteiger partial charge on any atom is 0.0649 e. The fraction of sp³-hybridized carbons (Fsp3) is 0.357. The van der Waals surface area contributed by atoms with E-state index in [2.05, 4.69) is 55.5 Å². The first kappa shape index (κ1) is 11.9. The number of aromatic nitrogens is 2. The van der Waals surface area contributed by atoms with E-state index in [1.54, 1.807) is 0 Å². The average Bonchev–Trinajstić information content (AvgIpc) is 2.59. The Kier molecular flexibility index (Phi) is 3.29. The van der Waals surface area contributed by atoms with E-state index in [4.69, 9.17) is 0 Å². The zero-order chi connectivity index (χ0) is 12.4. The van der Waals surface area contributed by atoms with Crippen molar-refractivity contribution in [1.29, 1.82) is 0 Å². The molecule has 3 nitrogen and oxygen atoms in total. The van der Waals surface area contributed by atoms with Crippen LogP contribution in [0.2, 0.25) is 0 Å². The molecule has 17 heavy (non-hydrogen) atoms. The summed E-state index contributed by atoms with van der Waals surface area (Å²) in [6, 6.07) is 8.45. The Morgan fingerprint density at radius 1 is 1.12 bits per heavy atom. The van der Waals surface area contributed by atoms with Gasteiger partial charge in [-0.3, -0.25) is 0 Å². The molecular formula is C14H19N3. The summed E-state index contributed by atoms with van der Waals surface area (Å²) in [7, 11) is 1.96. The zero-order valence-corrected chi connectivity index (χ0v) is 10.9. The van der Waals surface area contributed by atoms with E-state index in [1.165, 1.54) is 16.8 Å². The summed E-state index contributed by atoms with van der Waals surface area (Å²) in [6.45, 7) is 7.14. The van der Waals surface area contributed by atoms with Crippen LogP contribution < -0.4 is 5.32 Å². The van der Waals surface area contributed by atoms with E-state index in [1.807, 2.05) is 11.7 Å². The van der Waals surface area contributed by atoms with Gasteiger partial charge in [-0.2, -0.15) is 5.10 Å². The number of rotatable bonds is 3. The molecule has 1 N–H and O–H groups in total. The van der Waals surface area contributed by atoms with Gasteiger partial charge in [0.25, 0.3) is 0 Å². The molecular weight excluding hydrogens is 210 g/mol. The van der Waals surface area contributed by atoms with Crippen molar-refractivity contribution >= 4 is 0 Å². The van der Waals surface area contributed by atoms with Crippen molar-refractivity contribution < 1.29 is 0 Å². The molecule has 0 unspecified atom stereocenters. The number of nitrogens with one attached hydrogen (secondary N) is 1. The van der Waals surface area contributed by atoms with Gasteiger partial charge < -0.3 is 5.32 Å². The van der Waals surface area contributed by atoms with Crippen molar-refractivity contribution in [2.45, 2.75) is 27.3 Å². The van der Waals surface area contributed by atoms with Gasteiger partial charge in [0, 0.05) is 17.8 Å². The highest BCUT2D eigenvalue weighted by Gasteiger charge is 2.11. The lowest BCUT2D eigenvalue weighted by atomic mass is 10.2. The Hall–Kier alpha value is -1.61. The summed E-state index contributed by atoms with van der Waals surface area (Å²) in [5.74, 6) is 0. The van der Waals surface area contributed by atoms with Crippen molar-refractivity contribution in [1.82, 2.24) is 15.1 Å². The average molecular weight is 229 g/mol. The second-order valence-electron chi connectivity index (χ2n) is 4.43. The van der Waals surface area contributed by atoms with E-state index in [9.17, 15) is 0 Å². The monoisotopic (exact) mass is 229 g/mol. The third-order valence-electron chi connectivity index (χ3n) is 3.07. The van der Waals surface area contributed by atoms with Gasteiger partial charge >= 0.3 is 0 Å². The largest absolute Gasteiger partial charge is 0.316 e. The molecule has 1 heterocycles. The smallest absolute Gasteiger partial charge is 0.0649 e. The Labute approximate surface area is 102 Å². The van der Waals surface area contributed by atoms with Crippen LogP contribution >= 0.6 is 0 Å². The first-order valence-corrected chi connectivity index (χ1v) is 5.90. The van der Waals surface area contributed by atoms with Crippen molar-refractivity contribution in [2.24, 2.45) is 0 Å². The fourth-order valence-electron chi connectivity index (χ4n) is 2.04. The molecule has 2 rings (SSSR count). The molecule has 0 saturated carbocycles. The van der Waals surface area contributed by atoms with Gasteiger partial charge in [0.2, 0.25) is 0 Å². The van der Waals surface area contributed by atoms with Crippen molar-refractivity contribution in [3.8, 4) is 5.69 Å². The van der Waals surface area contributed by atoms with Crippen LogP contribution in [0, 0.1) is 20.8 Å². The second kappa shape index (κ2) is 4.72. The molecule has 0 saturated heterocycles. The standard InChI is InChI=1S/C14H19N3/c1-10-5-7-13(8-6-10)17-12(3)14(9-15-4)11(2)16-17/h5-8,15H,9H2,1-4H3. The molecule has 0 fully saturated rings. The van der Waals surface area contributed by atoms with Crippen molar-refractivity contribution in [2.75, 3.05) is 7.05 Å². The van der Waals surface area contributed by atoms with Gasteiger partial charge in [0.1, 0.15) is 0 Å². The van der Waals surface area contributed by atoms with Crippen LogP contribution in [0.3, 0.4) is 0 Å². The summed E-state index contributed by atoms with van der Waals surface area (Å²) in [4.78, 5) is 0. The molecule has 0 spiro atoms. The van der Waals surface area contributed by atoms with Crippen LogP contribution in [-0.4, -0.2) is 16.8 Å². The summed E-state index contributed by atoms with van der Waals surface area (Å²) < 4.78 is 2.02. The predicted molar refractivity (Wildman–Crippen MR) is 70.5 cm³/mol. The third kappa shape index (κ3) is 2.24. The SMILES string of the molecule is CNCc1c(C)nn(-c2ccc(C)cc2)c1C. The lowest BCUT2D eigenvalue weighted by Crippen LogP contribution is -2.07. The molecule has 0 amide bonds. The van der Waals surface area contributed by atoms with Gasteiger partial charge in [-0.1, -0.05) is 17.7 Å². The Balaban J connectivity index is 2.46. The number of hydrogen-bond donors (Lipinski definition) is 1. The first-order valence-electron chi connectivity index (χ1n) is 5.90. The number of hydrogen-bond acceptors (Lipinski definition) is 2. The van der Waals surface area contributed by atoms with Crippen LogP contribution in [0.25, 0.3) is 5.69 Å². The van der Waals surface area contributed by atoms with Crippen LogP contribution in [0.1, 0.15) is 22.5 Å². The molecule has 0 atom stereocenters. The van der Waals surface area contributed by atoms with E-state index in [0.717, 1.165) is 17.9 Å². The molecule has 90 valence electrons. The maximum absolute atomic E-state index is 4.61. The molecule has 2 aromatic rings. The second-order valence-corrected chi connectivity index (χ2v) is 4.43. The number of benzene rings is 1. The molecule has 0 aliphatic heterocycles. The van der Waals surface area contributed by atoms with E-state index < -0.39 is 0 Å². The molecule has 1 aromatic heterocycles. The van der Waals surface area contributed by atoms with Gasteiger partial charge in [0.05, 0.1) is 11.4 Å². The topological polar surface area (TPSA) is 29.9 Å². The van der Waals surface area contributed by atoms with E-state index in [0.29, 0.717) is 0 Å². The van der Waals surface area contributed by atoms with E-state index in [-0.39, 0.29) is 0 Å². The quantitative estimate of drug-likeness (QED) is 0.876. The summed E-state index contributed by atoms with van der Waals surface area (Å²) >= 11 is 0. The fourth-order valence-corrected chi connectivity index (χ4v) is 2.04. The van der Waals surface area contributed by atoms with Crippen LogP contribution in [0.4, 0.5) is 0 Å². The molecule has 0 bridgehead atoms. The van der Waals surface area contributed by atoms with Crippen LogP contribution in [0.15, 0.2) is 24.3 Å². The lowest BCUT2D eigenvalue weighted by Gasteiger charge is -2.05. The number of aryl methyl sites for hydroxylation is 2. The van der Waals surface area contributed by atoms with Crippen molar-refractivity contribution in [3.63, 3.8) is 0 Å². The van der Waals surface area contributed by atoms with Gasteiger partial charge in [-0.25, -0.2) is 4.68 Å². The third-order valence-corrected chi connectivity index (χ3v) is 3.07. The summed E-state index contributed by atoms with van der Waals surface area (Å²) in [6.07, 6.45) is 0.